The van der Waals surface area contributed by atoms with Gasteiger partial charge >= 0.3 is 0 Å². The molecule has 0 spiro atoms. The lowest BCUT2D eigenvalue weighted by Gasteiger charge is -2.18. The molecule has 11 heterocycles. The summed E-state index contributed by atoms with van der Waals surface area (Å²) in [4.78, 5) is 26.1. The second-order valence-electron chi connectivity index (χ2n) is 29.8. The van der Waals surface area contributed by atoms with E-state index in [2.05, 4.69) is 260 Å². The molecule has 0 radical (unpaired) electrons. The summed E-state index contributed by atoms with van der Waals surface area (Å²) in [6, 6.07) is 6.78. The van der Waals surface area contributed by atoms with Crippen molar-refractivity contribution in [2.75, 3.05) is 13.1 Å². The summed E-state index contributed by atoms with van der Waals surface area (Å²) < 4.78 is 18.5. The summed E-state index contributed by atoms with van der Waals surface area (Å²) in [5.74, 6) is 10.3. The zero-order valence-electron chi connectivity index (χ0n) is 69.8. The fourth-order valence-electron chi connectivity index (χ4n) is 10.1. The molecule has 1 saturated heterocycles. The second-order valence-corrected chi connectivity index (χ2v) is 29.8. The number of likely N-dealkylation sites (tertiary alicyclic amines) is 1. The van der Waals surface area contributed by atoms with Crippen LogP contribution in [0.1, 0.15) is 313 Å². The Hall–Kier alpha value is -8.21. The van der Waals surface area contributed by atoms with Crippen molar-refractivity contribution in [1.29, 1.82) is 0 Å². The van der Waals surface area contributed by atoms with Gasteiger partial charge in [0, 0.05) is 164 Å². The molecule has 0 aliphatic carbocycles. The molecule has 0 amide bonds. The Morgan fingerprint density at radius 3 is 1.35 bits per heavy atom. The maximum atomic E-state index is 5.12. The Morgan fingerprint density at radius 2 is 1.12 bits per heavy atom. The molecular weight excluding hydrogens is 1270 g/mol. The number of hydrogen-bond donors (Lipinski definition) is 1. The van der Waals surface area contributed by atoms with E-state index in [1.54, 1.807) is 36.5 Å². The van der Waals surface area contributed by atoms with Gasteiger partial charge in [0.25, 0.3) is 0 Å². The molecule has 1 N–H and O–H groups in total. The molecule has 102 heavy (non-hydrogen) atoms. The van der Waals surface area contributed by atoms with Crippen LogP contribution in [0.25, 0.3) is 0 Å². The lowest BCUT2D eigenvalue weighted by Crippen LogP contribution is -2.26. The SMILES string of the molecule is CC(C)(C)c1ncccn1.CC(C)N1CCCC1.CC(C)c1ccnn1C.CC(C)c1ncc[nH]1.CC(C)c1nccn1C.CC(C)c1ncnn1C.CCn1cc(C(C)C)cn1.Cc1c(C(C)C)cnn1C.Cc1cc(C(C)C)n(C)n1.Cc1nn(C)cc1C(C)C.Cc1nnc(C(C)C)o1. The van der Waals surface area contributed by atoms with Crippen LogP contribution >= 0.6 is 0 Å². The molecular formula is C79H138N22O. The van der Waals surface area contributed by atoms with E-state index in [-0.39, 0.29) is 5.41 Å². The van der Waals surface area contributed by atoms with Crippen LogP contribution in [0.3, 0.4) is 0 Å². The van der Waals surface area contributed by atoms with Crippen molar-refractivity contribution in [3.05, 3.63) is 173 Å². The monoisotopic (exact) mass is 1410 g/mol. The molecule has 11 rings (SSSR count). The van der Waals surface area contributed by atoms with Crippen molar-refractivity contribution >= 4 is 0 Å². The van der Waals surface area contributed by atoms with Gasteiger partial charge in [-0.15, -0.1) is 10.2 Å². The predicted octanol–water partition coefficient (Wildman–Crippen LogP) is 17.9. The van der Waals surface area contributed by atoms with Gasteiger partial charge in [-0.3, -0.25) is 28.1 Å². The van der Waals surface area contributed by atoms with E-state index in [0.717, 1.165) is 47.3 Å². The van der Waals surface area contributed by atoms with E-state index in [1.165, 1.54) is 59.7 Å². The first kappa shape index (κ1) is 91.8. The standard InChI is InChI=1S/3C8H14N2.C8H12N2.C8H14N2.2C7H12N2.C7H15N.C6H11N3.C6H10N2O.C6H10N2/c1-6(2)8-5-10(4)9-7(8)3;1-6(2)8-5-9-10(4)7(8)3;1-6(2)8-5-7(3)9-10(8)4;1-8(2,3)7-9-5-4-6-10-7;1-4-10-6-8(5-9-10)7(2)3;1-6(2)7-8-4-5-9(7)3;1-6(2)7-4-5-8-9(7)3;1-7(2)8-5-3-4-6-8;1-5(2)6-7-4-8-9(6)3;1-4(2)6-8-7-5(3)9-6;1-5(2)6-7-3-4-8-6/h3*5-6H,1-4H3;4-6H,1-3H3;5-7H,4H2,1-3H3;2*4-6H,1-3H3;7H,3-6H2,1-2H3;4-5H,1-3H3;4H,1-3H3;3-5H,1-2H3,(H,7,8). The van der Waals surface area contributed by atoms with Gasteiger partial charge in [0.1, 0.15) is 29.6 Å². The highest BCUT2D eigenvalue weighted by molar-refractivity contribution is 5.20. The Balaban J connectivity index is 0.000000561. The minimum atomic E-state index is 0.0707. The maximum absolute atomic E-state index is 5.12. The minimum Gasteiger partial charge on any atom is -0.425 e. The van der Waals surface area contributed by atoms with Crippen molar-refractivity contribution in [2.24, 2.45) is 42.3 Å². The van der Waals surface area contributed by atoms with Crippen molar-refractivity contribution in [3.63, 3.8) is 0 Å². The highest BCUT2D eigenvalue weighted by Gasteiger charge is 2.16. The Kier molecular flexibility index (Phi) is 42.4. The van der Waals surface area contributed by atoms with Crippen molar-refractivity contribution in [1.82, 2.24) is 108 Å². The van der Waals surface area contributed by atoms with Gasteiger partial charge in [0.15, 0.2) is 0 Å². The normalized spacial score (nSPS) is 11.8. The summed E-state index contributed by atoms with van der Waals surface area (Å²) in [5, 5.41) is 32.3. The van der Waals surface area contributed by atoms with Crippen molar-refractivity contribution < 1.29 is 4.42 Å². The Labute approximate surface area is 616 Å². The van der Waals surface area contributed by atoms with Gasteiger partial charge in [-0.25, -0.2) is 24.9 Å². The highest BCUT2D eigenvalue weighted by atomic mass is 16.4. The first-order valence-corrected chi connectivity index (χ1v) is 36.8. The molecule has 570 valence electrons. The molecule has 0 saturated carbocycles. The third-order valence-electron chi connectivity index (χ3n) is 16.1. The van der Waals surface area contributed by atoms with Crippen LogP contribution in [0, 0.1) is 27.7 Å². The number of nitrogens with zero attached hydrogens (tertiary/aromatic N) is 21. The number of imidazole rings is 2. The van der Waals surface area contributed by atoms with Gasteiger partial charge in [0.2, 0.25) is 11.8 Å². The Morgan fingerprint density at radius 1 is 0.520 bits per heavy atom. The van der Waals surface area contributed by atoms with Gasteiger partial charge in [0.05, 0.1) is 23.8 Å². The van der Waals surface area contributed by atoms with E-state index in [4.69, 9.17) is 4.42 Å². The third kappa shape index (κ3) is 35.1. The van der Waals surface area contributed by atoms with E-state index < -0.39 is 0 Å². The van der Waals surface area contributed by atoms with Gasteiger partial charge < -0.3 is 18.9 Å². The fraction of sp³-hybridized carbons (Fsp3) is 0.633. The maximum Gasteiger partial charge on any atom is 0.219 e. The van der Waals surface area contributed by atoms with Gasteiger partial charge in [-0.05, 0) is 132 Å². The molecule has 1 aliphatic heterocycles. The summed E-state index contributed by atoms with van der Waals surface area (Å²) in [7, 11) is 11.8. The number of aromatic nitrogens is 21. The number of aromatic amines is 1. The molecule has 23 heteroatoms. The van der Waals surface area contributed by atoms with Crippen LogP contribution in [0.2, 0.25) is 0 Å². The lowest BCUT2D eigenvalue weighted by molar-refractivity contribution is 0.276. The molecule has 0 bridgehead atoms. The lowest BCUT2D eigenvalue weighted by atomic mass is 9.96. The van der Waals surface area contributed by atoms with Gasteiger partial charge in [-0.1, -0.05) is 145 Å². The first-order chi connectivity index (χ1) is 47.6. The van der Waals surface area contributed by atoms with E-state index in [0.29, 0.717) is 65.0 Å². The van der Waals surface area contributed by atoms with Crippen molar-refractivity contribution in [3.8, 4) is 0 Å². The zero-order chi connectivity index (χ0) is 77.7. The smallest absolute Gasteiger partial charge is 0.219 e. The summed E-state index contributed by atoms with van der Waals surface area (Å²) in [6.07, 6.45) is 25.3. The number of aryl methyl sites for hydroxylation is 10. The first-order valence-electron chi connectivity index (χ1n) is 36.8. The van der Waals surface area contributed by atoms with Crippen LogP contribution in [0.5, 0.6) is 0 Å². The molecule has 0 aromatic carbocycles. The molecule has 10 aromatic heterocycles. The van der Waals surface area contributed by atoms with Crippen LogP contribution in [0.15, 0.2) is 97.1 Å². The minimum absolute atomic E-state index is 0.0707. The number of H-pyrrole nitrogens is 1. The molecule has 23 nitrogen and oxygen atoms in total. The number of rotatable bonds is 11. The van der Waals surface area contributed by atoms with Crippen molar-refractivity contribution in [2.45, 2.75) is 278 Å². The van der Waals surface area contributed by atoms with E-state index in [9.17, 15) is 0 Å². The summed E-state index contributed by atoms with van der Waals surface area (Å²) >= 11 is 0. The average Bonchev–Trinajstić information content (AvgIpc) is 1.60. The fourth-order valence-corrected chi connectivity index (χ4v) is 10.1. The third-order valence-corrected chi connectivity index (χ3v) is 16.1. The van der Waals surface area contributed by atoms with Crippen LogP contribution in [-0.4, -0.2) is 127 Å². The molecule has 0 atom stereocenters. The van der Waals surface area contributed by atoms with E-state index >= 15 is 0 Å². The Bertz CT molecular complexity index is 3530. The van der Waals surface area contributed by atoms with E-state index in [1.807, 2.05) is 140 Å². The molecule has 1 fully saturated rings. The summed E-state index contributed by atoms with van der Waals surface area (Å²) in [6.45, 7) is 63.0. The topological polar surface area (TPSA) is 234 Å². The molecule has 1 aliphatic rings. The van der Waals surface area contributed by atoms with Gasteiger partial charge in [-0.2, -0.15) is 30.6 Å². The number of hydrogen-bond acceptors (Lipinski definition) is 15. The average molecular weight is 1410 g/mol. The van der Waals surface area contributed by atoms with Crippen LogP contribution in [-0.2, 0) is 54.2 Å². The predicted molar refractivity (Wildman–Crippen MR) is 420 cm³/mol. The molecule has 10 aromatic rings. The largest absolute Gasteiger partial charge is 0.425 e. The quantitative estimate of drug-likeness (QED) is 0.127. The summed E-state index contributed by atoms with van der Waals surface area (Å²) in [5.41, 5.74) is 10.2. The number of nitrogens with one attached hydrogen (secondary N) is 1. The van der Waals surface area contributed by atoms with Crippen LogP contribution in [0.4, 0.5) is 0 Å². The zero-order valence-corrected chi connectivity index (χ0v) is 69.8. The van der Waals surface area contributed by atoms with Crippen LogP contribution < -0.4 is 0 Å². The second kappa shape index (κ2) is 47.1. The highest BCUT2D eigenvalue weighted by Crippen LogP contribution is 2.20. The molecule has 0 unspecified atom stereocenters.